The predicted octanol–water partition coefficient (Wildman–Crippen LogP) is 3.54. The molecule has 6 heteroatoms. The molecule has 0 spiro atoms. The number of hydrogen-bond donors (Lipinski definition) is 2. The lowest BCUT2D eigenvalue weighted by molar-refractivity contribution is -0.121. The highest BCUT2D eigenvalue weighted by Gasteiger charge is 2.34. The molecule has 104 valence electrons. The number of carbonyl (C=O) groups excluding carboxylic acids is 1. The lowest BCUT2D eigenvalue weighted by Crippen LogP contribution is -2.43. The normalized spacial score (nSPS) is 13.7. The zero-order valence-electron chi connectivity index (χ0n) is 11.0. The van der Waals surface area contributed by atoms with E-state index in [1.807, 2.05) is 6.92 Å². The number of amides is 1. The van der Waals surface area contributed by atoms with Crippen molar-refractivity contribution in [2.45, 2.75) is 27.2 Å². The molecule has 0 heterocycles. The molecule has 0 radical (unpaired) electrons. The minimum Gasteiger partial charge on any atom is -0.392 e. The molecule has 1 unspecified atom stereocenters. The van der Waals surface area contributed by atoms with Gasteiger partial charge in [-0.1, -0.05) is 19.1 Å². The van der Waals surface area contributed by atoms with Crippen LogP contribution in [0.2, 0.25) is 0 Å². The maximum atomic E-state index is 13.3. The molecule has 0 aromatic heterocycles. The van der Waals surface area contributed by atoms with Gasteiger partial charge in [-0.3, -0.25) is 4.79 Å². The van der Waals surface area contributed by atoms with E-state index in [2.05, 4.69) is 21.2 Å². The van der Waals surface area contributed by atoms with Crippen LogP contribution in [0.3, 0.4) is 0 Å². The van der Waals surface area contributed by atoms with Crippen molar-refractivity contribution in [3.63, 3.8) is 0 Å². The average Bonchev–Trinajstić information content (AvgIpc) is 2.34. The molecule has 1 amide bonds. The van der Waals surface area contributed by atoms with Gasteiger partial charge in [0, 0.05) is 5.69 Å². The highest BCUT2D eigenvalue weighted by atomic mass is 79.9. The molecule has 19 heavy (non-hydrogen) atoms. The van der Waals surface area contributed by atoms with E-state index in [9.17, 15) is 9.18 Å². The number of rotatable bonds is 4. The fourth-order valence-corrected chi connectivity index (χ4v) is 2.07. The number of benzene rings is 1. The van der Waals surface area contributed by atoms with Gasteiger partial charge >= 0.3 is 0 Å². The summed E-state index contributed by atoms with van der Waals surface area (Å²) in [6, 6.07) is 2.88. The highest BCUT2D eigenvalue weighted by Crippen LogP contribution is 2.28. The smallest absolute Gasteiger partial charge is 0.237 e. The van der Waals surface area contributed by atoms with Gasteiger partial charge in [0.15, 0.2) is 0 Å². The third-order valence-electron chi connectivity index (χ3n) is 3.27. The van der Waals surface area contributed by atoms with Gasteiger partial charge in [0.25, 0.3) is 0 Å². The molecule has 3 N–H and O–H groups in total. The fraction of sp³-hybridized carbons (Fsp3) is 0.385. The number of aryl methyl sites for hydroxylation is 1. The number of anilines is 1. The summed E-state index contributed by atoms with van der Waals surface area (Å²) in [5, 5.41) is 2.75. The first-order valence-electron chi connectivity index (χ1n) is 5.79. The molecule has 0 fully saturated rings. The Morgan fingerprint density at radius 1 is 1.58 bits per heavy atom. The average molecular weight is 347 g/mol. The largest absolute Gasteiger partial charge is 0.392 e. The lowest BCUT2D eigenvalue weighted by Gasteiger charge is -2.26. The van der Waals surface area contributed by atoms with Crippen LogP contribution in [0.25, 0.3) is 0 Å². The Balaban J connectivity index is 3.06. The molecule has 0 aliphatic heterocycles. The van der Waals surface area contributed by atoms with Crippen molar-refractivity contribution in [1.82, 2.24) is 0 Å². The van der Waals surface area contributed by atoms with E-state index in [-0.39, 0.29) is 16.7 Å². The van der Waals surface area contributed by atoms with E-state index >= 15 is 0 Å². The number of nitrogens with two attached hydrogens (primary N) is 1. The molecule has 1 rings (SSSR count). The topological polar surface area (TPSA) is 55.1 Å². The summed E-state index contributed by atoms with van der Waals surface area (Å²) in [7, 11) is 0. The quantitative estimate of drug-likeness (QED) is 0.820. The second kappa shape index (κ2) is 5.96. The van der Waals surface area contributed by atoms with Crippen molar-refractivity contribution < 1.29 is 9.18 Å². The third-order valence-corrected chi connectivity index (χ3v) is 4.33. The number of carbonyl (C=O) groups is 1. The van der Waals surface area contributed by atoms with Gasteiger partial charge in [-0.2, -0.15) is 0 Å². The standard InChI is InChI=1S/C13H16BrFN2OS/c1-4-13(3,11(16)19)12(18)17-10-6-8(14)9(15)5-7(10)2/h5-6H,4H2,1-3H3,(H2,16,19)(H,17,18). The summed E-state index contributed by atoms with van der Waals surface area (Å²) in [5.41, 5.74) is 5.89. The van der Waals surface area contributed by atoms with Crippen LogP contribution in [-0.4, -0.2) is 10.9 Å². The molecule has 0 aliphatic rings. The van der Waals surface area contributed by atoms with Crippen LogP contribution in [0, 0.1) is 18.2 Å². The minimum absolute atomic E-state index is 0.145. The van der Waals surface area contributed by atoms with Gasteiger partial charge in [0.1, 0.15) is 5.82 Å². The zero-order chi connectivity index (χ0) is 14.8. The second-order valence-electron chi connectivity index (χ2n) is 4.59. The van der Waals surface area contributed by atoms with E-state index in [1.54, 1.807) is 13.8 Å². The zero-order valence-corrected chi connectivity index (χ0v) is 13.4. The van der Waals surface area contributed by atoms with Crippen molar-refractivity contribution in [2.75, 3.05) is 5.32 Å². The summed E-state index contributed by atoms with van der Waals surface area (Å²) in [6.07, 6.45) is 0.496. The fourth-order valence-electron chi connectivity index (χ4n) is 1.49. The van der Waals surface area contributed by atoms with Crippen LogP contribution in [0.15, 0.2) is 16.6 Å². The molecule has 3 nitrogen and oxygen atoms in total. The van der Waals surface area contributed by atoms with Crippen LogP contribution in [0.5, 0.6) is 0 Å². The van der Waals surface area contributed by atoms with Gasteiger partial charge in [0.05, 0.1) is 14.9 Å². The summed E-state index contributed by atoms with van der Waals surface area (Å²) < 4.78 is 13.6. The van der Waals surface area contributed by atoms with Gasteiger partial charge in [-0.05, 0) is 53.9 Å². The van der Waals surface area contributed by atoms with Crippen LogP contribution < -0.4 is 11.1 Å². The van der Waals surface area contributed by atoms with Crippen molar-refractivity contribution >= 4 is 44.7 Å². The van der Waals surface area contributed by atoms with E-state index in [4.69, 9.17) is 18.0 Å². The summed E-state index contributed by atoms with van der Waals surface area (Å²) in [4.78, 5) is 12.4. The van der Waals surface area contributed by atoms with Crippen molar-refractivity contribution in [1.29, 1.82) is 0 Å². The first-order valence-corrected chi connectivity index (χ1v) is 6.99. The predicted molar refractivity (Wildman–Crippen MR) is 82.7 cm³/mol. The SMILES string of the molecule is CCC(C)(C(=O)Nc1cc(Br)c(F)cc1C)C(N)=S. The molecule has 1 atom stereocenters. The Labute approximate surface area is 125 Å². The van der Waals surface area contributed by atoms with Gasteiger partial charge in [-0.25, -0.2) is 4.39 Å². The van der Waals surface area contributed by atoms with E-state index in [0.717, 1.165) is 0 Å². The maximum absolute atomic E-state index is 13.3. The Kier molecular flexibility index (Phi) is 5.04. The lowest BCUT2D eigenvalue weighted by atomic mass is 9.86. The molecular weight excluding hydrogens is 331 g/mol. The van der Waals surface area contributed by atoms with Crippen LogP contribution in [0.4, 0.5) is 10.1 Å². The van der Waals surface area contributed by atoms with E-state index < -0.39 is 5.41 Å². The Morgan fingerprint density at radius 2 is 2.16 bits per heavy atom. The number of thiocarbonyl (C=S) groups is 1. The molecule has 0 aliphatic carbocycles. The van der Waals surface area contributed by atoms with E-state index in [0.29, 0.717) is 22.1 Å². The molecular formula is C13H16BrFN2OS. The molecule has 0 saturated carbocycles. The van der Waals surface area contributed by atoms with Crippen LogP contribution in [-0.2, 0) is 4.79 Å². The minimum atomic E-state index is -0.914. The van der Waals surface area contributed by atoms with Crippen molar-refractivity contribution in [2.24, 2.45) is 11.1 Å². The first kappa shape index (κ1) is 16.0. The summed E-state index contributed by atoms with van der Waals surface area (Å²) >= 11 is 8.04. The second-order valence-corrected chi connectivity index (χ2v) is 5.88. The number of halogens is 2. The van der Waals surface area contributed by atoms with Crippen LogP contribution in [0.1, 0.15) is 25.8 Å². The van der Waals surface area contributed by atoms with E-state index in [1.165, 1.54) is 12.1 Å². The summed E-state index contributed by atoms with van der Waals surface area (Å²) in [5.74, 6) is -0.660. The Bertz CT molecular complexity index is 536. The Hall–Kier alpha value is -1.01. The van der Waals surface area contributed by atoms with Crippen molar-refractivity contribution in [3.8, 4) is 0 Å². The monoisotopic (exact) mass is 346 g/mol. The first-order chi connectivity index (χ1) is 8.72. The number of hydrogen-bond acceptors (Lipinski definition) is 2. The van der Waals surface area contributed by atoms with Crippen molar-refractivity contribution in [3.05, 3.63) is 28.0 Å². The molecule has 0 saturated heterocycles. The molecule has 0 bridgehead atoms. The molecule has 1 aromatic carbocycles. The molecule has 1 aromatic rings. The maximum Gasteiger partial charge on any atom is 0.237 e. The summed E-state index contributed by atoms with van der Waals surface area (Å²) in [6.45, 7) is 5.25. The highest BCUT2D eigenvalue weighted by molar-refractivity contribution is 9.10. The third kappa shape index (κ3) is 3.30. The van der Waals surface area contributed by atoms with Gasteiger partial charge < -0.3 is 11.1 Å². The van der Waals surface area contributed by atoms with Crippen LogP contribution >= 0.6 is 28.1 Å². The Morgan fingerprint density at radius 3 is 2.63 bits per heavy atom. The van der Waals surface area contributed by atoms with Gasteiger partial charge in [0.2, 0.25) is 5.91 Å². The van der Waals surface area contributed by atoms with Gasteiger partial charge in [-0.15, -0.1) is 0 Å². The number of nitrogens with one attached hydrogen (secondary N) is 1.